The van der Waals surface area contributed by atoms with E-state index < -0.39 is 0 Å². The van der Waals surface area contributed by atoms with E-state index in [1.54, 1.807) is 0 Å². The van der Waals surface area contributed by atoms with Gasteiger partial charge in [-0.2, -0.15) is 23.5 Å². The summed E-state index contributed by atoms with van der Waals surface area (Å²) in [6.45, 7) is 7.23. The number of carbonyl (C=O) groups is 1. The molecule has 4 aromatic carbocycles. The fourth-order valence-corrected chi connectivity index (χ4v) is 13.8. The largest absolute Gasteiger partial charge is 1.00 e. The van der Waals surface area contributed by atoms with Crippen LogP contribution in [0.1, 0.15) is 115 Å². The fourth-order valence-electron chi connectivity index (χ4n) is 6.32. The Labute approximate surface area is 479 Å². The minimum Gasteiger partial charge on any atom is -1.00 e. The maximum Gasteiger partial charge on any atom is 1.00 e. The molecule has 5 aliphatic heterocycles. The van der Waals surface area contributed by atoms with E-state index in [0.29, 0.717) is 27.7 Å². The van der Waals surface area contributed by atoms with Gasteiger partial charge in [-0.3, -0.25) is 0 Å². The van der Waals surface area contributed by atoms with Crippen molar-refractivity contribution < 1.29 is 74.9 Å². The first-order valence-electron chi connectivity index (χ1n) is 21.5. The number of rotatable bonds is 6. The van der Waals surface area contributed by atoms with Crippen molar-refractivity contribution in [2.24, 2.45) is 0 Å². The van der Waals surface area contributed by atoms with Gasteiger partial charge in [0.2, 0.25) is 0 Å². The van der Waals surface area contributed by atoms with Gasteiger partial charge in [-0.15, -0.1) is 11.6 Å². The van der Waals surface area contributed by atoms with Gasteiger partial charge in [-0.05, 0) is 184 Å². The number of alkyl halides is 1. The second kappa shape index (κ2) is 44.4. The molecule has 67 heavy (non-hydrogen) atoms. The van der Waals surface area contributed by atoms with Gasteiger partial charge in [-0.25, -0.2) is 0 Å². The third-order valence-corrected chi connectivity index (χ3v) is 18.3. The summed E-state index contributed by atoms with van der Waals surface area (Å²) < 4.78 is 5.49. The zero-order chi connectivity index (χ0) is 44.3. The Morgan fingerprint density at radius 3 is 1.04 bits per heavy atom. The zero-order valence-corrected chi connectivity index (χ0v) is 49.8. The molecular weight excluding hydrogens is 1080 g/mol. The van der Waals surface area contributed by atoms with Crippen LogP contribution in [0.15, 0.2) is 97.1 Å². The monoisotopic (exact) mass is 1150 g/mol. The van der Waals surface area contributed by atoms with E-state index >= 15 is 0 Å². The van der Waals surface area contributed by atoms with Crippen LogP contribution in [0.2, 0.25) is 20.1 Å². The Morgan fingerprint density at radius 2 is 0.821 bits per heavy atom. The van der Waals surface area contributed by atoms with Crippen LogP contribution in [-0.2, 0) is 48.7 Å². The summed E-state index contributed by atoms with van der Waals surface area (Å²) in [6, 6.07) is 31.9. The average Bonchev–Trinajstić information content (AvgIpc) is 4.03. The number of hydrogen-bond donors (Lipinski definition) is 0. The fraction of sp³-hybridized carbons (Fsp3) is 0.510. The molecule has 3 N–H and O–H groups in total. The second-order valence-corrected chi connectivity index (χ2v) is 25.1. The van der Waals surface area contributed by atoms with Gasteiger partial charge in [0.1, 0.15) is 46.4 Å². The van der Waals surface area contributed by atoms with Crippen molar-refractivity contribution in [2.45, 2.75) is 116 Å². The Balaban J connectivity index is -0.000000352. The Hall–Kier alpha value is 0.860. The summed E-state index contributed by atoms with van der Waals surface area (Å²) in [5, 5.41) is 3.22. The molecule has 5 aliphatic rings. The van der Waals surface area contributed by atoms with E-state index in [4.69, 9.17) is 62.7 Å². The molecule has 16 heteroatoms. The molecule has 0 amide bonds. The van der Waals surface area contributed by atoms with Gasteiger partial charge < -0.3 is 45.3 Å². The van der Waals surface area contributed by atoms with Crippen molar-refractivity contribution in [2.75, 3.05) is 46.0 Å². The average molecular weight is 1150 g/mol. The molecule has 4 nitrogen and oxygen atoms in total. The minimum atomic E-state index is 0. The zero-order valence-electron chi connectivity index (χ0n) is 39.3. The molecule has 0 radical (unpaired) electrons. The van der Waals surface area contributed by atoms with Gasteiger partial charge in [0.25, 0.3) is 0 Å². The first-order chi connectivity index (χ1) is 29.3. The van der Waals surface area contributed by atoms with Crippen LogP contribution < -0.4 is 54.4 Å². The molecule has 1 atom stereocenters. The van der Waals surface area contributed by atoms with Crippen LogP contribution >= 0.6 is 81.5 Å². The molecule has 0 saturated carbocycles. The van der Waals surface area contributed by atoms with Crippen LogP contribution in [0.25, 0.3) is 0 Å². The molecular formula is C51H74Cl7NaO4S4. The van der Waals surface area contributed by atoms with E-state index in [2.05, 4.69) is 61.6 Å². The van der Waals surface area contributed by atoms with Gasteiger partial charge in [0, 0.05) is 37.1 Å². The molecule has 1 unspecified atom stereocenters. The smallest absolute Gasteiger partial charge is 1.00 e. The number of benzene rings is 4. The van der Waals surface area contributed by atoms with Crippen molar-refractivity contribution in [3.05, 3.63) is 139 Å². The topological polar surface area (TPSA) is 91.1 Å². The summed E-state index contributed by atoms with van der Waals surface area (Å²) in [7, 11) is 1.34. The molecule has 0 aliphatic carbocycles. The van der Waals surface area contributed by atoms with Crippen LogP contribution in [0.4, 0.5) is 0 Å². The van der Waals surface area contributed by atoms with Crippen LogP contribution in [0.3, 0.4) is 0 Å². The normalized spacial score (nSPS) is 16.8. The molecule has 4 aromatic rings. The molecule has 5 saturated heterocycles. The second-order valence-electron chi connectivity index (χ2n) is 16.0. The number of epoxide rings is 1. The summed E-state index contributed by atoms with van der Waals surface area (Å²) in [5.41, 5.74) is 5.24. The molecule has 5 fully saturated rings. The third kappa shape index (κ3) is 36.4. The summed E-state index contributed by atoms with van der Waals surface area (Å²) >= 11 is 32.7. The van der Waals surface area contributed by atoms with Crippen LogP contribution in [-0.4, -0.2) is 68.4 Å². The number of carbonyl (C=O) groups excluding carboxylic acids is 1. The van der Waals surface area contributed by atoms with Crippen molar-refractivity contribution in [1.29, 1.82) is 0 Å². The summed E-state index contributed by atoms with van der Waals surface area (Å²) in [4.78, 5) is 9.44. The summed E-state index contributed by atoms with van der Waals surface area (Å²) in [6.07, 6.45) is 11.9. The first-order valence-corrected chi connectivity index (χ1v) is 29.3. The van der Waals surface area contributed by atoms with Gasteiger partial charge >= 0.3 is 29.6 Å². The number of Topliss-reactive ketones (excluding diaryl/α,β-unsaturated/α-hetero) is 1. The number of halogens is 7. The first kappa shape index (κ1) is 74.4. The van der Waals surface area contributed by atoms with Crippen molar-refractivity contribution in [3.8, 4) is 0 Å². The van der Waals surface area contributed by atoms with Crippen LogP contribution in [0, 0.1) is 0 Å². The predicted molar refractivity (Wildman–Crippen MR) is 295 cm³/mol. The van der Waals surface area contributed by atoms with E-state index in [-0.39, 0.29) is 90.2 Å². The van der Waals surface area contributed by atoms with Gasteiger partial charge in [-0.1, -0.05) is 102 Å². The Kier molecular flexibility index (Phi) is 49.2. The maximum atomic E-state index is 9.44. The number of hydrogen-bond acceptors (Lipinski definition) is 5. The molecule has 376 valence electrons. The maximum absolute atomic E-state index is 9.44. The number of ketones is 1. The van der Waals surface area contributed by atoms with Crippen LogP contribution in [0.5, 0.6) is 0 Å². The number of ether oxygens (including phenoxy) is 1. The SMILES string of the molecule is C.C1CCSC1.C1CCSC1.CC(C)=O.CC1(C)OC1c1ccc(Cl)cc1.ClCc1ccc(Cl)cc1.Clc1ccc(C[S+]2CCCC2)cc1.Clc1ccc(C[S+]2CCCC2)cc1.O.[Cl-].[Cl-].[Na+].[OH-]. The minimum absolute atomic E-state index is 0. The van der Waals surface area contributed by atoms with E-state index in [9.17, 15) is 4.79 Å². The third-order valence-electron chi connectivity index (χ3n) is 9.69. The van der Waals surface area contributed by atoms with Crippen molar-refractivity contribution in [3.63, 3.8) is 0 Å². The molecule has 5 heterocycles. The van der Waals surface area contributed by atoms with E-state index in [1.165, 1.54) is 139 Å². The molecule has 9 rings (SSSR count). The van der Waals surface area contributed by atoms with Crippen molar-refractivity contribution >= 4 is 109 Å². The molecule has 0 bridgehead atoms. The Bertz CT molecular complexity index is 1660. The Morgan fingerprint density at radius 1 is 0.567 bits per heavy atom. The summed E-state index contributed by atoms with van der Waals surface area (Å²) in [5.74, 6) is 14.7. The quantitative estimate of drug-likeness (QED) is 0.0896. The van der Waals surface area contributed by atoms with E-state index in [1.807, 2.05) is 72.8 Å². The standard InChI is InChI=1S/2C11H14ClS.C10H11ClO.C7H6Cl2.2C4H8S.C3H6O.CH4.2ClH.Na.2H2O/c2*12-11-5-3-10(4-6-11)9-13-7-1-2-8-13;1-10(2)9(12-10)7-3-5-8(11)6-4-7;8-5-6-1-3-7(9)4-2-6;2*1-2-4-5-3-1;1-3(2)4;;;;;;/h2*3-6H,1-2,7-9H2;3-6,9H,1-2H3;1-4H,5H2;2*1-4H2;1-2H3;1H4;2*1H;;2*1H2/q2*+1;;;;;;;;;+1;;/p-3. The predicted octanol–water partition coefficient (Wildman–Crippen LogP) is 7.04. The number of thioether (sulfide) groups is 2. The molecule has 0 spiro atoms. The van der Waals surface area contributed by atoms with Gasteiger partial charge in [0.05, 0.1) is 5.60 Å². The van der Waals surface area contributed by atoms with E-state index in [0.717, 1.165) is 25.7 Å². The van der Waals surface area contributed by atoms with Gasteiger partial charge in [0.15, 0.2) is 0 Å². The van der Waals surface area contributed by atoms with Crippen molar-refractivity contribution in [1.82, 2.24) is 0 Å². The molecule has 0 aromatic heterocycles.